The molecule has 3 N–H and O–H groups in total. The van der Waals surface area contributed by atoms with Gasteiger partial charge in [0.25, 0.3) is 0 Å². The molecule has 0 unspecified atom stereocenters. The van der Waals surface area contributed by atoms with Gasteiger partial charge in [0.1, 0.15) is 5.71 Å². The lowest BCUT2D eigenvalue weighted by atomic mass is 10.4. The van der Waals surface area contributed by atoms with Crippen LogP contribution in [0.25, 0.3) is 0 Å². The van der Waals surface area contributed by atoms with Crippen LogP contribution in [0.5, 0.6) is 0 Å². The molecule has 0 bridgehead atoms. The van der Waals surface area contributed by atoms with Gasteiger partial charge in [0.15, 0.2) is 0 Å². The minimum absolute atomic E-state index is 0.0515. The third kappa shape index (κ3) is 4.26. The molecule has 0 aliphatic heterocycles. The maximum Gasteiger partial charge on any atom is 0.354 e. The number of urea groups is 1. The molecular formula is C6H11N3O3. The molecule has 0 rings (SSSR count). The molecule has 0 aromatic rings. The highest BCUT2D eigenvalue weighted by Crippen LogP contribution is 1.82. The van der Waals surface area contributed by atoms with Gasteiger partial charge in [-0.25, -0.2) is 15.0 Å². The van der Waals surface area contributed by atoms with Crippen LogP contribution in [0.15, 0.2) is 5.10 Å². The lowest BCUT2D eigenvalue weighted by Gasteiger charge is -1.99. The highest BCUT2D eigenvalue weighted by Gasteiger charge is 2.05. The van der Waals surface area contributed by atoms with Crippen molar-refractivity contribution >= 4 is 17.7 Å². The van der Waals surface area contributed by atoms with Crippen molar-refractivity contribution in [3.8, 4) is 0 Å². The van der Waals surface area contributed by atoms with Gasteiger partial charge < -0.3 is 10.5 Å². The second-order valence-electron chi connectivity index (χ2n) is 1.89. The van der Waals surface area contributed by atoms with Crippen LogP contribution in [0.1, 0.15) is 13.8 Å². The summed E-state index contributed by atoms with van der Waals surface area (Å²) in [6, 6.07) is -0.821. The topological polar surface area (TPSA) is 93.8 Å². The number of rotatable bonds is 3. The fourth-order valence-corrected chi connectivity index (χ4v) is 0.420. The summed E-state index contributed by atoms with van der Waals surface area (Å²) in [6.07, 6.45) is 0. The Bertz CT molecular complexity index is 212. The van der Waals surface area contributed by atoms with Crippen LogP contribution >= 0.6 is 0 Å². The Hall–Kier alpha value is -1.59. The van der Waals surface area contributed by atoms with E-state index in [-0.39, 0.29) is 12.3 Å². The Morgan fingerprint density at radius 1 is 1.58 bits per heavy atom. The van der Waals surface area contributed by atoms with Gasteiger partial charge in [-0.1, -0.05) is 0 Å². The average molecular weight is 173 g/mol. The van der Waals surface area contributed by atoms with E-state index in [0.29, 0.717) is 0 Å². The minimum atomic E-state index is -0.821. The van der Waals surface area contributed by atoms with Crippen molar-refractivity contribution in [2.24, 2.45) is 10.8 Å². The molecule has 6 heteroatoms. The van der Waals surface area contributed by atoms with Gasteiger partial charge in [-0.15, -0.1) is 0 Å². The van der Waals surface area contributed by atoms with E-state index in [0.717, 1.165) is 0 Å². The van der Waals surface area contributed by atoms with Gasteiger partial charge in [0, 0.05) is 0 Å². The molecule has 0 spiro atoms. The van der Waals surface area contributed by atoms with Crippen LogP contribution in [-0.4, -0.2) is 24.3 Å². The molecule has 0 aliphatic rings. The lowest BCUT2D eigenvalue weighted by molar-refractivity contribution is -0.135. The maximum absolute atomic E-state index is 10.8. The molecule has 0 heterocycles. The van der Waals surface area contributed by atoms with E-state index >= 15 is 0 Å². The zero-order chi connectivity index (χ0) is 9.56. The number of ether oxygens (including phenoxy) is 1. The summed E-state index contributed by atoms with van der Waals surface area (Å²) in [5, 5.41) is 3.36. The average Bonchev–Trinajstić information content (AvgIpc) is 2.00. The van der Waals surface area contributed by atoms with Crippen LogP contribution in [0, 0.1) is 0 Å². The smallest absolute Gasteiger partial charge is 0.354 e. The summed E-state index contributed by atoms with van der Waals surface area (Å²) in [7, 11) is 0. The number of nitrogens with zero attached hydrogens (tertiary/aromatic N) is 1. The largest absolute Gasteiger partial charge is 0.461 e. The standard InChI is InChI=1S/C6H11N3O3/c1-3-12-5(10)4(2)8-9-6(7)11/h3H2,1-2H3,(H3,7,9,11)/b8-4+. The van der Waals surface area contributed by atoms with E-state index in [1.165, 1.54) is 6.92 Å². The van der Waals surface area contributed by atoms with E-state index in [2.05, 4.69) is 9.84 Å². The summed E-state index contributed by atoms with van der Waals surface area (Å²) in [4.78, 5) is 20.9. The summed E-state index contributed by atoms with van der Waals surface area (Å²) in [5.41, 5.74) is 6.67. The highest BCUT2D eigenvalue weighted by atomic mass is 16.5. The second-order valence-corrected chi connectivity index (χ2v) is 1.89. The SMILES string of the molecule is CCOC(=O)/C(C)=N/NC(N)=O. The first kappa shape index (κ1) is 10.4. The number of amides is 2. The number of carbonyl (C=O) groups is 2. The molecule has 6 nitrogen and oxygen atoms in total. The second kappa shape index (κ2) is 5.11. The van der Waals surface area contributed by atoms with Crippen molar-refractivity contribution in [1.82, 2.24) is 5.43 Å². The Morgan fingerprint density at radius 2 is 2.17 bits per heavy atom. The number of hydrogen-bond acceptors (Lipinski definition) is 4. The molecule has 0 aromatic carbocycles. The predicted octanol–water partition coefficient (Wildman–Crippen LogP) is -0.406. The zero-order valence-corrected chi connectivity index (χ0v) is 6.96. The number of esters is 1. The van der Waals surface area contributed by atoms with Gasteiger partial charge in [-0.3, -0.25) is 0 Å². The van der Waals surface area contributed by atoms with Crippen molar-refractivity contribution in [1.29, 1.82) is 0 Å². The predicted molar refractivity (Wildman–Crippen MR) is 42.5 cm³/mol. The molecule has 0 saturated carbocycles. The molecular weight excluding hydrogens is 162 g/mol. The fourth-order valence-electron chi connectivity index (χ4n) is 0.420. The van der Waals surface area contributed by atoms with Gasteiger partial charge in [0.05, 0.1) is 6.61 Å². The Labute approximate surface area is 69.8 Å². The van der Waals surface area contributed by atoms with Crippen molar-refractivity contribution < 1.29 is 14.3 Å². The monoisotopic (exact) mass is 173 g/mol. The van der Waals surface area contributed by atoms with Gasteiger partial charge in [0.2, 0.25) is 0 Å². The van der Waals surface area contributed by atoms with Gasteiger partial charge >= 0.3 is 12.0 Å². The van der Waals surface area contributed by atoms with Gasteiger partial charge in [-0.05, 0) is 13.8 Å². The van der Waals surface area contributed by atoms with E-state index < -0.39 is 12.0 Å². The van der Waals surface area contributed by atoms with E-state index in [1.807, 2.05) is 5.43 Å². The van der Waals surface area contributed by atoms with Crippen molar-refractivity contribution in [2.45, 2.75) is 13.8 Å². The number of hydrogen-bond donors (Lipinski definition) is 2. The Kier molecular flexibility index (Phi) is 4.43. The number of nitrogens with one attached hydrogen (secondary N) is 1. The van der Waals surface area contributed by atoms with Crippen molar-refractivity contribution in [2.75, 3.05) is 6.61 Å². The number of nitrogens with two attached hydrogens (primary N) is 1. The fraction of sp³-hybridized carbons (Fsp3) is 0.500. The number of primary amides is 1. The first-order valence-electron chi connectivity index (χ1n) is 3.34. The molecule has 2 amide bonds. The first-order chi connectivity index (χ1) is 5.57. The molecule has 0 aliphatic carbocycles. The van der Waals surface area contributed by atoms with Crippen LogP contribution in [0.4, 0.5) is 4.79 Å². The summed E-state index contributed by atoms with van der Waals surface area (Å²) >= 11 is 0. The first-order valence-corrected chi connectivity index (χ1v) is 3.34. The Balaban J connectivity index is 3.99. The highest BCUT2D eigenvalue weighted by molar-refractivity contribution is 6.35. The summed E-state index contributed by atoms with van der Waals surface area (Å²) in [5.74, 6) is -0.578. The maximum atomic E-state index is 10.8. The van der Waals surface area contributed by atoms with E-state index in [4.69, 9.17) is 5.73 Å². The third-order valence-electron chi connectivity index (χ3n) is 0.905. The zero-order valence-electron chi connectivity index (χ0n) is 6.96. The lowest BCUT2D eigenvalue weighted by Crippen LogP contribution is -2.27. The van der Waals surface area contributed by atoms with Crippen molar-refractivity contribution in [3.63, 3.8) is 0 Å². The van der Waals surface area contributed by atoms with Crippen LogP contribution in [0.2, 0.25) is 0 Å². The van der Waals surface area contributed by atoms with Gasteiger partial charge in [-0.2, -0.15) is 5.10 Å². The minimum Gasteiger partial charge on any atom is -0.461 e. The van der Waals surface area contributed by atoms with Crippen LogP contribution in [-0.2, 0) is 9.53 Å². The molecule has 0 aromatic heterocycles. The normalized spacial score (nSPS) is 10.7. The number of carbonyl (C=O) groups excluding carboxylic acids is 2. The van der Waals surface area contributed by atoms with Crippen molar-refractivity contribution in [3.05, 3.63) is 0 Å². The van der Waals surface area contributed by atoms with Crippen LogP contribution in [0.3, 0.4) is 0 Å². The number of hydrazone groups is 1. The van der Waals surface area contributed by atoms with Crippen LogP contribution < -0.4 is 11.2 Å². The molecule has 0 radical (unpaired) electrons. The summed E-state index contributed by atoms with van der Waals surface area (Å²) in [6.45, 7) is 3.35. The van der Waals surface area contributed by atoms with E-state index in [9.17, 15) is 9.59 Å². The Morgan fingerprint density at radius 3 is 2.58 bits per heavy atom. The van der Waals surface area contributed by atoms with E-state index in [1.54, 1.807) is 6.92 Å². The molecule has 0 fully saturated rings. The molecule has 68 valence electrons. The summed E-state index contributed by atoms with van der Waals surface area (Å²) < 4.78 is 4.57. The molecule has 0 atom stereocenters. The quantitative estimate of drug-likeness (QED) is 0.345. The third-order valence-corrected chi connectivity index (χ3v) is 0.905. The molecule has 0 saturated heterocycles. The molecule has 12 heavy (non-hydrogen) atoms.